The topological polar surface area (TPSA) is 118 Å². The highest BCUT2D eigenvalue weighted by molar-refractivity contribution is 6.02. The van der Waals surface area contributed by atoms with E-state index in [1.165, 1.54) is 48.5 Å². The molecular formula is C18H14O7. The Balaban J connectivity index is 2.00. The molecule has 128 valence electrons. The Labute approximate surface area is 142 Å². The summed E-state index contributed by atoms with van der Waals surface area (Å²) in [5.74, 6) is -3.70. The largest absolute Gasteiger partial charge is 0.481 e. The van der Waals surface area contributed by atoms with Crippen molar-refractivity contribution in [2.24, 2.45) is 0 Å². The zero-order chi connectivity index (χ0) is 18.4. The number of rotatable bonds is 6. The fourth-order valence-electron chi connectivity index (χ4n) is 2.07. The van der Waals surface area contributed by atoms with Crippen molar-refractivity contribution in [3.05, 3.63) is 70.8 Å². The number of hydrogen-bond donors (Lipinski definition) is 2. The molecule has 0 saturated carbocycles. The molecule has 0 radical (unpaired) electrons. The SMILES string of the molecule is O=C(O)Cc1ccc(C(=O)OC(=O)c2ccc(CC(=O)O)cc2)cc1. The fourth-order valence-corrected chi connectivity index (χ4v) is 2.07. The molecule has 0 aliphatic heterocycles. The first-order chi connectivity index (χ1) is 11.8. The first kappa shape index (κ1) is 17.9. The lowest BCUT2D eigenvalue weighted by molar-refractivity contribution is -0.137. The number of carbonyl (C=O) groups excluding carboxylic acids is 2. The second kappa shape index (κ2) is 7.87. The van der Waals surface area contributed by atoms with Crippen LogP contribution in [0, 0.1) is 0 Å². The molecule has 0 amide bonds. The number of benzene rings is 2. The molecule has 0 fully saturated rings. The Morgan fingerprint density at radius 1 is 0.640 bits per heavy atom. The summed E-state index contributed by atoms with van der Waals surface area (Å²) < 4.78 is 4.75. The van der Waals surface area contributed by atoms with Crippen LogP contribution in [0.2, 0.25) is 0 Å². The van der Waals surface area contributed by atoms with E-state index in [0.717, 1.165) is 0 Å². The maximum Gasteiger partial charge on any atom is 0.346 e. The van der Waals surface area contributed by atoms with E-state index in [0.29, 0.717) is 11.1 Å². The molecule has 2 N–H and O–H groups in total. The average molecular weight is 342 g/mol. The molecule has 0 spiro atoms. The predicted molar refractivity (Wildman–Crippen MR) is 85.3 cm³/mol. The van der Waals surface area contributed by atoms with Gasteiger partial charge in [-0.05, 0) is 35.4 Å². The molecule has 0 aliphatic rings. The number of ether oxygens (including phenoxy) is 1. The van der Waals surface area contributed by atoms with E-state index >= 15 is 0 Å². The van der Waals surface area contributed by atoms with Crippen molar-refractivity contribution in [2.45, 2.75) is 12.8 Å². The summed E-state index contributed by atoms with van der Waals surface area (Å²) in [6, 6.07) is 11.4. The highest BCUT2D eigenvalue weighted by atomic mass is 16.6. The van der Waals surface area contributed by atoms with Crippen LogP contribution in [0.5, 0.6) is 0 Å². The van der Waals surface area contributed by atoms with Crippen LogP contribution in [0.4, 0.5) is 0 Å². The van der Waals surface area contributed by atoms with Crippen LogP contribution in [0.1, 0.15) is 31.8 Å². The first-order valence-electron chi connectivity index (χ1n) is 7.23. The van der Waals surface area contributed by atoms with E-state index < -0.39 is 23.9 Å². The summed E-state index contributed by atoms with van der Waals surface area (Å²) >= 11 is 0. The lowest BCUT2D eigenvalue weighted by Crippen LogP contribution is -2.13. The summed E-state index contributed by atoms with van der Waals surface area (Å²) in [6.45, 7) is 0. The van der Waals surface area contributed by atoms with Gasteiger partial charge in [0.25, 0.3) is 0 Å². The van der Waals surface area contributed by atoms with E-state index in [4.69, 9.17) is 14.9 Å². The molecule has 0 aromatic heterocycles. The molecule has 25 heavy (non-hydrogen) atoms. The Morgan fingerprint density at radius 2 is 0.960 bits per heavy atom. The molecular weight excluding hydrogens is 328 g/mol. The van der Waals surface area contributed by atoms with Gasteiger partial charge in [-0.2, -0.15) is 0 Å². The van der Waals surface area contributed by atoms with Gasteiger partial charge in [0.2, 0.25) is 0 Å². The van der Waals surface area contributed by atoms with E-state index in [1.54, 1.807) is 0 Å². The summed E-state index contributed by atoms with van der Waals surface area (Å²) in [5, 5.41) is 17.4. The molecule has 2 rings (SSSR count). The molecule has 0 bridgehead atoms. The number of carboxylic acids is 2. The third-order valence-electron chi connectivity index (χ3n) is 3.28. The second-order valence-corrected chi connectivity index (χ2v) is 5.21. The monoisotopic (exact) mass is 342 g/mol. The van der Waals surface area contributed by atoms with Gasteiger partial charge in [-0.3, -0.25) is 9.59 Å². The van der Waals surface area contributed by atoms with Crippen molar-refractivity contribution < 1.29 is 34.1 Å². The molecule has 0 aliphatic carbocycles. The minimum atomic E-state index is -0.989. The molecule has 0 atom stereocenters. The molecule has 0 heterocycles. The Morgan fingerprint density at radius 3 is 1.24 bits per heavy atom. The van der Waals surface area contributed by atoms with Gasteiger partial charge in [0, 0.05) is 0 Å². The molecule has 7 nitrogen and oxygen atoms in total. The van der Waals surface area contributed by atoms with E-state index in [9.17, 15) is 19.2 Å². The normalized spacial score (nSPS) is 10.1. The first-order valence-corrected chi connectivity index (χ1v) is 7.23. The maximum absolute atomic E-state index is 11.9. The van der Waals surface area contributed by atoms with E-state index in [2.05, 4.69) is 0 Å². The maximum atomic E-state index is 11.9. The smallest absolute Gasteiger partial charge is 0.346 e. The quantitative estimate of drug-likeness (QED) is 0.608. The van der Waals surface area contributed by atoms with Gasteiger partial charge in [0.15, 0.2) is 0 Å². The summed E-state index contributed by atoms with van der Waals surface area (Å²) in [5.41, 5.74) is 1.27. The third-order valence-corrected chi connectivity index (χ3v) is 3.28. The number of aliphatic carboxylic acids is 2. The summed E-state index contributed by atoms with van der Waals surface area (Å²) in [4.78, 5) is 45.1. The predicted octanol–water partition coefficient (Wildman–Crippen LogP) is 1.94. The minimum absolute atomic E-state index is 0.116. The average Bonchev–Trinajstić information content (AvgIpc) is 2.55. The highest BCUT2D eigenvalue weighted by Gasteiger charge is 2.15. The second-order valence-electron chi connectivity index (χ2n) is 5.21. The van der Waals surface area contributed by atoms with Crippen LogP contribution in [0.3, 0.4) is 0 Å². The van der Waals surface area contributed by atoms with Crippen LogP contribution in [-0.2, 0) is 27.2 Å². The van der Waals surface area contributed by atoms with Gasteiger partial charge in [-0.1, -0.05) is 24.3 Å². The van der Waals surface area contributed by atoms with Gasteiger partial charge in [0.05, 0.1) is 24.0 Å². The molecule has 0 saturated heterocycles. The van der Waals surface area contributed by atoms with Gasteiger partial charge < -0.3 is 14.9 Å². The molecule has 7 heteroatoms. The zero-order valence-corrected chi connectivity index (χ0v) is 13.0. The van der Waals surface area contributed by atoms with Crippen LogP contribution in [0.15, 0.2) is 48.5 Å². The number of hydrogen-bond acceptors (Lipinski definition) is 5. The highest BCUT2D eigenvalue weighted by Crippen LogP contribution is 2.11. The van der Waals surface area contributed by atoms with Crippen molar-refractivity contribution in [3.8, 4) is 0 Å². The van der Waals surface area contributed by atoms with E-state index in [-0.39, 0.29) is 24.0 Å². The Kier molecular flexibility index (Phi) is 5.62. The molecule has 2 aromatic carbocycles. The molecule has 0 unspecified atom stereocenters. The van der Waals surface area contributed by atoms with Crippen molar-refractivity contribution in [1.29, 1.82) is 0 Å². The number of carbonyl (C=O) groups is 4. The van der Waals surface area contributed by atoms with Crippen LogP contribution >= 0.6 is 0 Å². The van der Waals surface area contributed by atoms with Gasteiger partial charge >= 0.3 is 23.9 Å². The van der Waals surface area contributed by atoms with Crippen molar-refractivity contribution >= 4 is 23.9 Å². The van der Waals surface area contributed by atoms with Gasteiger partial charge in [-0.25, -0.2) is 9.59 Å². The summed E-state index contributed by atoms with van der Waals surface area (Å²) in [7, 11) is 0. The van der Waals surface area contributed by atoms with E-state index in [1.807, 2.05) is 0 Å². The zero-order valence-electron chi connectivity index (χ0n) is 13.0. The Bertz CT molecular complexity index is 735. The Hall–Kier alpha value is -3.48. The third kappa shape index (κ3) is 5.28. The summed E-state index contributed by atoms with van der Waals surface area (Å²) in [6.07, 6.45) is -0.339. The fraction of sp³-hybridized carbons (Fsp3) is 0.111. The minimum Gasteiger partial charge on any atom is -0.481 e. The van der Waals surface area contributed by atoms with Crippen LogP contribution < -0.4 is 0 Å². The lowest BCUT2D eigenvalue weighted by atomic mass is 10.1. The lowest BCUT2D eigenvalue weighted by Gasteiger charge is -2.05. The molecule has 2 aromatic rings. The van der Waals surface area contributed by atoms with Crippen LogP contribution in [-0.4, -0.2) is 34.1 Å². The van der Waals surface area contributed by atoms with Crippen LogP contribution in [0.25, 0.3) is 0 Å². The van der Waals surface area contributed by atoms with Crippen molar-refractivity contribution in [3.63, 3.8) is 0 Å². The van der Waals surface area contributed by atoms with Gasteiger partial charge in [-0.15, -0.1) is 0 Å². The number of esters is 2. The van der Waals surface area contributed by atoms with Crippen molar-refractivity contribution in [1.82, 2.24) is 0 Å². The van der Waals surface area contributed by atoms with Gasteiger partial charge in [0.1, 0.15) is 0 Å². The standard InChI is InChI=1S/C18H14O7/c19-15(20)9-11-1-5-13(6-2-11)17(23)25-18(24)14-7-3-12(4-8-14)10-16(21)22/h1-8H,9-10H2,(H,19,20)(H,21,22). The number of carboxylic acid groups (broad SMARTS) is 2. The van der Waals surface area contributed by atoms with Crippen molar-refractivity contribution in [2.75, 3.05) is 0 Å².